The molecular weight excluding hydrogens is 271 g/mol. The minimum atomic E-state index is -0.577. The normalized spacial score (nSPS) is 10.4. The van der Waals surface area contributed by atoms with Gasteiger partial charge < -0.3 is 16.4 Å². The number of amides is 1. The number of primary amides is 1. The van der Waals surface area contributed by atoms with Gasteiger partial charge in [0, 0.05) is 18.4 Å². The topological polar surface area (TPSA) is 85.2 Å². The lowest BCUT2D eigenvalue weighted by molar-refractivity contribution is 0.100. The second kappa shape index (κ2) is 6.81. The molecule has 0 saturated carbocycles. The van der Waals surface area contributed by atoms with Gasteiger partial charge in [-0.3, -0.25) is 4.79 Å². The fourth-order valence-electron chi connectivity index (χ4n) is 2.06. The van der Waals surface area contributed by atoms with Gasteiger partial charge in [0.2, 0.25) is 0 Å². The van der Waals surface area contributed by atoms with E-state index < -0.39 is 5.91 Å². The zero-order chi connectivity index (χ0) is 15.2. The van der Waals surface area contributed by atoms with Crippen molar-refractivity contribution >= 4 is 17.4 Å². The largest absolute Gasteiger partial charge is 0.365 e. The minimum absolute atomic E-state index is 0.291. The van der Waals surface area contributed by atoms with Gasteiger partial charge in [-0.1, -0.05) is 6.07 Å². The molecule has 6 heteroatoms. The highest BCUT2D eigenvalue weighted by Gasteiger charge is 2.17. The summed E-state index contributed by atoms with van der Waals surface area (Å²) < 4.78 is 13.5. The number of carbonyl (C=O) groups excluding carboxylic acids is 1. The molecular formula is C15H17FN4O. The zero-order valence-electron chi connectivity index (χ0n) is 11.5. The van der Waals surface area contributed by atoms with Gasteiger partial charge in [-0.2, -0.15) is 0 Å². The van der Waals surface area contributed by atoms with Gasteiger partial charge in [-0.15, -0.1) is 0 Å². The molecule has 1 aromatic heterocycles. The van der Waals surface area contributed by atoms with Crippen molar-refractivity contribution in [1.29, 1.82) is 0 Å². The van der Waals surface area contributed by atoms with Gasteiger partial charge in [0.05, 0.1) is 5.56 Å². The van der Waals surface area contributed by atoms with Crippen molar-refractivity contribution in [3.8, 4) is 0 Å². The summed E-state index contributed by atoms with van der Waals surface area (Å²) in [6.45, 7) is 0.988. The molecule has 0 aliphatic heterocycles. The molecule has 21 heavy (non-hydrogen) atoms. The van der Waals surface area contributed by atoms with Gasteiger partial charge in [-0.25, -0.2) is 9.37 Å². The van der Waals surface area contributed by atoms with E-state index in [1.165, 1.54) is 12.1 Å². The lowest BCUT2D eigenvalue weighted by Gasteiger charge is -2.25. The van der Waals surface area contributed by atoms with Crippen LogP contribution in [-0.4, -0.2) is 24.0 Å². The fraction of sp³-hybridized carbons (Fsp3) is 0.200. The first kappa shape index (κ1) is 14.9. The lowest BCUT2D eigenvalue weighted by atomic mass is 10.2. The van der Waals surface area contributed by atoms with Crippen molar-refractivity contribution in [2.24, 2.45) is 11.5 Å². The third-order valence-corrected chi connectivity index (χ3v) is 3.01. The Morgan fingerprint density at radius 2 is 2.10 bits per heavy atom. The van der Waals surface area contributed by atoms with Gasteiger partial charge in [0.25, 0.3) is 5.91 Å². The summed E-state index contributed by atoms with van der Waals surface area (Å²) in [7, 11) is 0. The Morgan fingerprint density at radius 3 is 2.76 bits per heavy atom. The first-order valence-electron chi connectivity index (χ1n) is 6.61. The number of nitrogens with zero attached hydrogens (tertiary/aromatic N) is 2. The van der Waals surface area contributed by atoms with Gasteiger partial charge in [-0.05, 0) is 43.3 Å². The monoisotopic (exact) mass is 288 g/mol. The highest BCUT2D eigenvalue weighted by atomic mass is 19.1. The van der Waals surface area contributed by atoms with Crippen molar-refractivity contribution < 1.29 is 9.18 Å². The first-order valence-corrected chi connectivity index (χ1v) is 6.61. The number of benzene rings is 1. The van der Waals surface area contributed by atoms with Gasteiger partial charge in [0.1, 0.15) is 11.6 Å². The predicted octanol–water partition coefficient (Wildman–Crippen LogP) is 1.81. The molecule has 0 spiro atoms. The van der Waals surface area contributed by atoms with Crippen LogP contribution in [0.1, 0.15) is 16.8 Å². The summed E-state index contributed by atoms with van der Waals surface area (Å²) in [5.41, 5.74) is 11.8. The fourth-order valence-corrected chi connectivity index (χ4v) is 2.06. The molecule has 0 saturated heterocycles. The van der Waals surface area contributed by atoms with Crippen LogP contribution < -0.4 is 16.4 Å². The number of halogens is 1. The molecule has 1 aromatic carbocycles. The molecule has 0 aliphatic rings. The quantitative estimate of drug-likeness (QED) is 0.849. The SMILES string of the molecule is NCCCN(c1cccc(F)c1)c1ncccc1C(N)=O. The van der Waals surface area contributed by atoms with E-state index >= 15 is 0 Å². The van der Waals surface area contributed by atoms with E-state index in [1.54, 1.807) is 35.4 Å². The van der Waals surface area contributed by atoms with E-state index in [-0.39, 0.29) is 5.82 Å². The molecule has 1 amide bonds. The molecule has 2 rings (SSSR count). The average Bonchev–Trinajstić information content (AvgIpc) is 2.48. The summed E-state index contributed by atoms with van der Waals surface area (Å²) >= 11 is 0. The van der Waals surface area contributed by atoms with E-state index in [0.29, 0.717) is 36.6 Å². The molecule has 1 heterocycles. The summed E-state index contributed by atoms with van der Waals surface area (Å²) in [5.74, 6) is -0.530. The molecule has 110 valence electrons. The minimum Gasteiger partial charge on any atom is -0.365 e. The Labute approximate surface area is 122 Å². The van der Waals surface area contributed by atoms with Crippen molar-refractivity contribution in [2.45, 2.75) is 6.42 Å². The average molecular weight is 288 g/mol. The third kappa shape index (κ3) is 3.55. The molecule has 0 aliphatic carbocycles. The van der Waals surface area contributed by atoms with Crippen molar-refractivity contribution in [2.75, 3.05) is 18.0 Å². The van der Waals surface area contributed by atoms with Crippen LogP contribution in [0.5, 0.6) is 0 Å². The Balaban J connectivity index is 2.48. The van der Waals surface area contributed by atoms with Crippen LogP contribution in [0.2, 0.25) is 0 Å². The maximum atomic E-state index is 13.5. The number of rotatable bonds is 6. The van der Waals surface area contributed by atoms with Crippen molar-refractivity contribution in [3.63, 3.8) is 0 Å². The maximum absolute atomic E-state index is 13.5. The van der Waals surface area contributed by atoms with Crippen molar-refractivity contribution in [3.05, 3.63) is 54.0 Å². The highest BCUT2D eigenvalue weighted by molar-refractivity contribution is 5.98. The number of carbonyl (C=O) groups is 1. The Morgan fingerprint density at radius 1 is 1.29 bits per heavy atom. The summed E-state index contributed by atoms with van der Waals surface area (Å²) in [6, 6.07) is 9.33. The summed E-state index contributed by atoms with van der Waals surface area (Å²) in [4.78, 5) is 17.5. The van der Waals surface area contributed by atoms with E-state index in [9.17, 15) is 9.18 Å². The van der Waals surface area contributed by atoms with Crippen LogP contribution in [0, 0.1) is 5.82 Å². The van der Waals surface area contributed by atoms with Crippen LogP contribution in [0.25, 0.3) is 0 Å². The van der Waals surface area contributed by atoms with Crippen LogP contribution >= 0.6 is 0 Å². The lowest BCUT2D eigenvalue weighted by Crippen LogP contribution is -2.25. The van der Waals surface area contributed by atoms with Crippen molar-refractivity contribution in [1.82, 2.24) is 4.98 Å². The third-order valence-electron chi connectivity index (χ3n) is 3.01. The molecule has 0 atom stereocenters. The van der Waals surface area contributed by atoms with E-state index in [4.69, 9.17) is 11.5 Å². The Kier molecular flexibility index (Phi) is 4.84. The number of hydrogen-bond acceptors (Lipinski definition) is 4. The molecule has 4 N–H and O–H groups in total. The molecule has 0 bridgehead atoms. The zero-order valence-corrected chi connectivity index (χ0v) is 11.5. The van der Waals surface area contributed by atoms with Crippen LogP contribution in [0.15, 0.2) is 42.6 Å². The number of nitrogens with two attached hydrogens (primary N) is 2. The standard InChI is InChI=1S/C15H17FN4O/c16-11-4-1-5-12(10-11)20(9-3-7-17)15-13(14(18)21)6-2-8-19-15/h1-2,4-6,8,10H,3,7,9,17H2,(H2,18,21). The first-order chi connectivity index (χ1) is 10.1. The number of hydrogen-bond donors (Lipinski definition) is 2. The number of pyridine rings is 1. The van der Waals surface area contributed by atoms with E-state index in [2.05, 4.69) is 4.98 Å². The van der Waals surface area contributed by atoms with Crippen LogP contribution in [0.4, 0.5) is 15.9 Å². The summed E-state index contributed by atoms with van der Waals surface area (Å²) in [6.07, 6.45) is 2.24. The second-order valence-corrected chi connectivity index (χ2v) is 4.51. The van der Waals surface area contributed by atoms with Gasteiger partial charge in [0.15, 0.2) is 0 Å². The van der Waals surface area contributed by atoms with E-state index in [1.807, 2.05) is 0 Å². The predicted molar refractivity (Wildman–Crippen MR) is 79.8 cm³/mol. The molecule has 0 radical (unpaired) electrons. The van der Waals surface area contributed by atoms with Gasteiger partial charge >= 0.3 is 0 Å². The van der Waals surface area contributed by atoms with Crippen LogP contribution in [-0.2, 0) is 0 Å². The van der Waals surface area contributed by atoms with Crippen LogP contribution in [0.3, 0.4) is 0 Å². The molecule has 0 fully saturated rings. The smallest absolute Gasteiger partial charge is 0.252 e. The second-order valence-electron chi connectivity index (χ2n) is 4.51. The Hall–Kier alpha value is -2.47. The molecule has 0 unspecified atom stereocenters. The molecule has 5 nitrogen and oxygen atoms in total. The van der Waals surface area contributed by atoms with E-state index in [0.717, 1.165) is 0 Å². The molecule has 2 aromatic rings. The number of aromatic nitrogens is 1. The maximum Gasteiger partial charge on any atom is 0.252 e. The highest BCUT2D eigenvalue weighted by Crippen LogP contribution is 2.27. The number of anilines is 2. The Bertz CT molecular complexity index is 633. The summed E-state index contributed by atoms with van der Waals surface area (Å²) in [5, 5.41) is 0.